The molecule has 0 radical (unpaired) electrons. The van der Waals surface area contributed by atoms with E-state index < -0.39 is 18.0 Å². The van der Waals surface area contributed by atoms with Gasteiger partial charge in [0.25, 0.3) is 0 Å². The minimum atomic E-state index is -1.07. The minimum absolute atomic E-state index is 0.0856. The zero-order valence-electron chi connectivity index (χ0n) is 12.7. The fraction of sp³-hybridized carbons (Fsp3) is 0.375. The molecule has 0 saturated heterocycles. The summed E-state index contributed by atoms with van der Waals surface area (Å²) in [5.74, 6) is -0.370. The summed E-state index contributed by atoms with van der Waals surface area (Å²) >= 11 is 0. The van der Waals surface area contributed by atoms with Crippen LogP contribution in [-0.2, 0) is 25.5 Å². The van der Waals surface area contributed by atoms with Gasteiger partial charge in [0.1, 0.15) is 25.1 Å². The average Bonchev–Trinajstić information content (AvgIpc) is 2.51. The molecule has 1 aromatic carbocycles. The predicted octanol–water partition coefficient (Wildman–Crippen LogP) is 1.26. The van der Waals surface area contributed by atoms with Crippen LogP contribution in [0.2, 0.25) is 0 Å². The van der Waals surface area contributed by atoms with Crippen molar-refractivity contribution in [1.82, 2.24) is 0 Å². The van der Waals surface area contributed by atoms with Gasteiger partial charge in [0.2, 0.25) is 0 Å². The molecule has 0 heterocycles. The first-order chi connectivity index (χ1) is 10.4. The molecule has 1 rings (SSSR count). The summed E-state index contributed by atoms with van der Waals surface area (Å²) in [5.41, 5.74) is 1.01. The Bertz CT molecular complexity index is 520. The molecule has 0 aromatic heterocycles. The molecule has 6 heteroatoms. The van der Waals surface area contributed by atoms with Gasteiger partial charge in [0, 0.05) is 5.57 Å². The first kappa shape index (κ1) is 17.7. The first-order valence-corrected chi connectivity index (χ1v) is 6.71. The number of ether oxygens (including phenoxy) is 3. The maximum Gasteiger partial charge on any atom is 0.333 e. The fourth-order valence-corrected chi connectivity index (χ4v) is 1.49. The zero-order chi connectivity index (χ0) is 16.5. The smallest absolute Gasteiger partial charge is 0.333 e. The van der Waals surface area contributed by atoms with Gasteiger partial charge >= 0.3 is 11.9 Å². The third-order valence-corrected chi connectivity index (χ3v) is 2.70. The third-order valence-electron chi connectivity index (χ3n) is 2.70. The second-order valence-electron chi connectivity index (χ2n) is 4.74. The molecule has 1 unspecified atom stereocenters. The van der Waals surface area contributed by atoms with E-state index in [1.807, 2.05) is 0 Å². The van der Waals surface area contributed by atoms with Crippen LogP contribution in [0.15, 0.2) is 36.4 Å². The number of hydrogen-bond donors (Lipinski definition) is 1. The van der Waals surface area contributed by atoms with Crippen molar-refractivity contribution in [3.8, 4) is 5.75 Å². The number of carbonyl (C=O) groups is 2. The molecule has 120 valence electrons. The molecular formula is C16H20O6. The number of hydrogen-bond acceptors (Lipinski definition) is 6. The molecule has 0 saturated carbocycles. The van der Waals surface area contributed by atoms with Gasteiger partial charge in [0.05, 0.1) is 13.5 Å². The zero-order valence-corrected chi connectivity index (χ0v) is 12.7. The molecule has 0 aliphatic carbocycles. The summed E-state index contributed by atoms with van der Waals surface area (Å²) < 4.78 is 14.7. The fourth-order valence-electron chi connectivity index (χ4n) is 1.49. The molecule has 1 N–H and O–H groups in total. The van der Waals surface area contributed by atoms with Crippen LogP contribution >= 0.6 is 0 Å². The molecule has 6 nitrogen and oxygen atoms in total. The van der Waals surface area contributed by atoms with Crippen LogP contribution in [0.5, 0.6) is 5.75 Å². The number of esters is 2. The molecular weight excluding hydrogens is 288 g/mol. The number of carbonyl (C=O) groups excluding carboxylic acids is 2. The number of aliphatic hydroxyl groups excluding tert-OH is 1. The molecule has 1 aromatic rings. The lowest BCUT2D eigenvalue weighted by Gasteiger charge is -2.12. The van der Waals surface area contributed by atoms with Crippen molar-refractivity contribution in [2.45, 2.75) is 19.4 Å². The van der Waals surface area contributed by atoms with Gasteiger partial charge in [-0.2, -0.15) is 0 Å². The van der Waals surface area contributed by atoms with Crippen molar-refractivity contribution in [3.63, 3.8) is 0 Å². The standard InChI is InChI=1S/C16H20O6/c1-11(2)16(19)22-10-13(17)9-21-15(18)8-12-4-6-14(20-3)7-5-12/h4-7,13,17H,1,8-10H2,2-3H3. The normalized spacial score (nSPS) is 11.4. The lowest BCUT2D eigenvalue weighted by Crippen LogP contribution is -2.26. The van der Waals surface area contributed by atoms with E-state index in [0.29, 0.717) is 5.75 Å². The van der Waals surface area contributed by atoms with Crippen LogP contribution in [-0.4, -0.2) is 43.5 Å². The van der Waals surface area contributed by atoms with E-state index in [9.17, 15) is 14.7 Å². The Morgan fingerprint density at radius 3 is 2.32 bits per heavy atom. The second-order valence-corrected chi connectivity index (χ2v) is 4.74. The van der Waals surface area contributed by atoms with Crippen molar-refractivity contribution in [3.05, 3.63) is 42.0 Å². The Morgan fingerprint density at radius 2 is 1.77 bits per heavy atom. The van der Waals surface area contributed by atoms with Gasteiger partial charge in [-0.1, -0.05) is 18.7 Å². The van der Waals surface area contributed by atoms with E-state index in [4.69, 9.17) is 14.2 Å². The highest BCUT2D eigenvalue weighted by atomic mass is 16.6. The second kappa shape index (κ2) is 8.84. The molecule has 0 amide bonds. The Labute approximate surface area is 129 Å². The number of methoxy groups -OCH3 is 1. The maximum atomic E-state index is 11.6. The minimum Gasteiger partial charge on any atom is -0.497 e. The average molecular weight is 308 g/mol. The summed E-state index contributed by atoms with van der Waals surface area (Å²) in [7, 11) is 1.56. The Kier molecular flexibility index (Phi) is 7.12. The van der Waals surface area contributed by atoms with Gasteiger partial charge in [-0.05, 0) is 24.6 Å². The van der Waals surface area contributed by atoms with Crippen molar-refractivity contribution < 1.29 is 28.9 Å². The van der Waals surface area contributed by atoms with Crippen LogP contribution < -0.4 is 4.74 Å². The van der Waals surface area contributed by atoms with Crippen LogP contribution in [0.25, 0.3) is 0 Å². The topological polar surface area (TPSA) is 82.1 Å². The Morgan fingerprint density at radius 1 is 1.18 bits per heavy atom. The molecule has 22 heavy (non-hydrogen) atoms. The highest BCUT2D eigenvalue weighted by molar-refractivity contribution is 5.86. The highest BCUT2D eigenvalue weighted by Crippen LogP contribution is 2.12. The molecule has 1 atom stereocenters. The van der Waals surface area contributed by atoms with Crippen molar-refractivity contribution in [2.75, 3.05) is 20.3 Å². The van der Waals surface area contributed by atoms with Gasteiger partial charge in [-0.15, -0.1) is 0 Å². The summed E-state index contributed by atoms with van der Waals surface area (Å²) in [4.78, 5) is 22.8. The van der Waals surface area contributed by atoms with Gasteiger partial charge in [-0.3, -0.25) is 4.79 Å². The molecule has 0 fully saturated rings. The SMILES string of the molecule is C=C(C)C(=O)OCC(O)COC(=O)Cc1ccc(OC)cc1. The molecule has 0 aliphatic heterocycles. The third kappa shape index (κ3) is 6.41. The largest absolute Gasteiger partial charge is 0.497 e. The maximum absolute atomic E-state index is 11.6. The molecule has 0 aliphatic rings. The lowest BCUT2D eigenvalue weighted by molar-refractivity contribution is -0.149. The lowest BCUT2D eigenvalue weighted by atomic mass is 10.1. The summed E-state index contributed by atoms with van der Waals surface area (Å²) in [6.07, 6.45) is -0.981. The summed E-state index contributed by atoms with van der Waals surface area (Å²) in [6.45, 7) is 4.43. The van der Waals surface area contributed by atoms with E-state index >= 15 is 0 Å². The highest BCUT2D eigenvalue weighted by Gasteiger charge is 2.12. The van der Waals surface area contributed by atoms with Crippen molar-refractivity contribution >= 4 is 11.9 Å². The Hall–Kier alpha value is -2.34. The predicted molar refractivity (Wildman–Crippen MR) is 79.4 cm³/mol. The monoisotopic (exact) mass is 308 g/mol. The first-order valence-electron chi connectivity index (χ1n) is 6.71. The van der Waals surface area contributed by atoms with Gasteiger partial charge < -0.3 is 19.3 Å². The number of benzene rings is 1. The van der Waals surface area contributed by atoms with Crippen LogP contribution in [0.1, 0.15) is 12.5 Å². The van der Waals surface area contributed by atoms with E-state index in [2.05, 4.69) is 6.58 Å². The van der Waals surface area contributed by atoms with E-state index in [0.717, 1.165) is 5.56 Å². The van der Waals surface area contributed by atoms with Crippen LogP contribution in [0.4, 0.5) is 0 Å². The molecule has 0 spiro atoms. The number of aliphatic hydroxyl groups is 1. The van der Waals surface area contributed by atoms with Crippen molar-refractivity contribution in [2.24, 2.45) is 0 Å². The molecule has 0 bridgehead atoms. The quantitative estimate of drug-likeness (QED) is 0.575. The van der Waals surface area contributed by atoms with Gasteiger partial charge in [0.15, 0.2) is 0 Å². The number of rotatable bonds is 8. The van der Waals surface area contributed by atoms with E-state index in [1.54, 1.807) is 31.4 Å². The van der Waals surface area contributed by atoms with Crippen LogP contribution in [0.3, 0.4) is 0 Å². The summed E-state index contributed by atoms with van der Waals surface area (Å²) in [5, 5.41) is 9.56. The summed E-state index contributed by atoms with van der Waals surface area (Å²) in [6, 6.07) is 7.00. The van der Waals surface area contributed by atoms with Crippen LogP contribution in [0, 0.1) is 0 Å². The van der Waals surface area contributed by atoms with Gasteiger partial charge in [-0.25, -0.2) is 4.79 Å². The van der Waals surface area contributed by atoms with E-state index in [-0.39, 0.29) is 25.2 Å². The van der Waals surface area contributed by atoms with Crippen molar-refractivity contribution in [1.29, 1.82) is 0 Å². The Balaban J connectivity index is 2.29. The van der Waals surface area contributed by atoms with E-state index in [1.165, 1.54) is 6.92 Å².